The third kappa shape index (κ3) is 4.84. The fourth-order valence-electron chi connectivity index (χ4n) is 4.99. The summed E-state index contributed by atoms with van der Waals surface area (Å²) in [6.07, 6.45) is -1.08. The minimum absolute atomic E-state index is 0.0455. The predicted octanol–water partition coefficient (Wildman–Crippen LogP) is 4.83. The molecular weight excluding hydrogens is 472 g/mol. The van der Waals surface area contributed by atoms with Crippen molar-refractivity contribution in [1.29, 1.82) is 0 Å². The molecule has 0 unspecified atom stereocenters. The molecule has 34 heavy (non-hydrogen) atoms. The van der Waals surface area contributed by atoms with Gasteiger partial charge in [-0.25, -0.2) is 12.8 Å². The van der Waals surface area contributed by atoms with Gasteiger partial charge in [-0.3, -0.25) is 4.79 Å². The third-order valence-corrected chi connectivity index (χ3v) is 8.81. The summed E-state index contributed by atoms with van der Waals surface area (Å²) in [4.78, 5) is 12.3. The van der Waals surface area contributed by atoms with E-state index in [9.17, 15) is 30.8 Å². The van der Waals surface area contributed by atoms with E-state index in [1.54, 1.807) is 12.1 Å². The Hall–Kier alpha value is -2.46. The Bertz CT molecular complexity index is 1140. The van der Waals surface area contributed by atoms with Crippen LogP contribution in [0.1, 0.15) is 49.7 Å². The summed E-state index contributed by atoms with van der Waals surface area (Å²) in [5.74, 6) is -1.02. The third-order valence-electron chi connectivity index (χ3n) is 6.85. The van der Waals surface area contributed by atoms with Gasteiger partial charge in [-0.2, -0.15) is 17.5 Å². The van der Waals surface area contributed by atoms with Crippen molar-refractivity contribution in [3.8, 4) is 0 Å². The van der Waals surface area contributed by atoms with E-state index in [0.29, 0.717) is 0 Å². The summed E-state index contributed by atoms with van der Waals surface area (Å²) >= 11 is 0. The van der Waals surface area contributed by atoms with Crippen molar-refractivity contribution in [3.05, 3.63) is 65.5 Å². The van der Waals surface area contributed by atoms with Crippen LogP contribution in [0.5, 0.6) is 0 Å². The molecule has 0 radical (unpaired) electrons. The van der Waals surface area contributed by atoms with E-state index in [2.05, 4.69) is 5.32 Å². The van der Waals surface area contributed by atoms with Gasteiger partial charge in [0.15, 0.2) is 0 Å². The first-order chi connectivity index (χ1) is 16.0. The number of rotatable bonds is 5. The summed E-state index contributed by atoms with van der Waals surface area (Å²) in [6.45, 7) is -0.0910. The van der Waals surface area contributed by atoms with Gasteiger partial charge in [0.2, 0.25) is 15.9 Å². The molecule has 0 bridgehead atoms. The molecule has 4 rings (SSSR count). The highest BCUT2D eigenvalue weighted by Gasteiger charge is 2.42. The molecule has 2 fully saturated rings. The molecule has 1 saturated carbocycles. The minimum atomic E-state index is -4.79. The van der Waals surface area contributed by atoms with Crippen LogP contribution in [0.3, 0.4) is 0 Å². The van der Waals surface area contributed by atoms with Crippen LogP contribution >= 0.6 is 0 Å². The Morgan fingerprint density at radius 3 is 2.15 bits per heavy atom. The standard InChI is InChI=1S/C24H26F4N2O3S/c25-19-9-7-18(8-10-19)23(13-3-4-14-23)29-22(31)17-11-15-30(16-12-17)34(32,33)21-6-2-1-5-20(21)24(26,27)28/h1-2,5-10,17H,3-4,11-16H2,(H,29,31). The maximum absolute atomic E-state index is 13.4. The molecule has 1 N–H and O–H groups in total. The maximum Gasteiger partial charge on any atom is 0.417 e. The number of amides is 1. The molecule has 1 amide bonds. The summed E-state index contributed by atoms with van der Waals surface area (Å²) in [7, 11) is -4.36. The van der Waals surface area contributed by atoms with E-state index >= 15 is 0 Å². The highest BCUT2D eigenvalue weighted by molar-refractivity contribution is 7.89. The van der Waals surface area contributed by atoms with Crippen molar-refractivity contribution < 1.29 is 30.8 Å². The molecule has 0 spiro atoms. The zero-order valence-corrected chi connectivity index (χ0v) is 19.3. The van der Waals surface area contributed by atoms with Crippen LogP contribution in [-0.2, 0) is 26.5 Å². The molecule has 1 aliphatic carbocycles. The molecular formula is C24H26F4N2O3S. The largest absolute Gasteiger partial charge is 0.417 e. The lowest BCUT2D eigenvalue weighted by atomic mass is 9.86. The second-order valence-corrected chi connectivity index (χ2v) is 10.9. The van der Waals surface area contributed by atoms with Crippen molar-refractivity contribution in [1.82, 2.24) is 9.62 Å². The highest BCUT2D eigenvalue weighted by Crippen LogP contribution is 2.40. The van der Waals surface area contributed by atoms with Gasteiger partial charge >= 0.3 is 6.18 Å². The number of carbonyl (C=O) groups is 1. The van der Waals surface area contributed by atoms with Gasteiger partial charge in [0, 0.05) is 19.0 Å². The average molecular weight is 499 g/mol. The van der Waals surface area contributed by atoms with Crippen LogP contribution in [0.4, 0.5) is 17.6 Å². The van der Waals surface area contributed by atoms with Crippen LogP contribution in [0.25, 0.3) is 0 Å². The molecule has 184 valence electrons. The number of alkyl halides is 3. The summed E-state index contributed by atoms with van der Waals surface area (Å²) in [5, 5.41) is 3.13. The molecule has 0 atom stereocenters. The number of sulfonamides is 1. The summed E-state index contributed by atoms with van der Waals surface area (Å²) < 4.78 is 80.4. The molecule has 2 aromatic rings. The fourth-order valence-corrected chi connectivity index (χ4v) is 6.68. The Kier molecular flexibility index (Phi) is 6.74. The number of hydrogen-bond donors (Lipinski definition) is 1. The lowest BCUT2D eigenvalue weighted by Crippen LogP contribution is -2.49. The second-order valence-electron chi connectivity index (χ2n) is 8.96. The molecule has 5 nitrogen and oxygen atoms in total. The van der Waals surface area contributed by atoms with Crippen molar-refractivity contribution >= 4 is 15.9 Å². The van der Waals surface area contributed by atoms with E-state index in [0.717, 1.165) is 53.8 Å². The van der Waals surface area contributed by atoms with Crippen LogP contribution < -0.4 is 5.32 Å². The number of hydrogen-bond acceptors (Lipinski definition) is 3. The molecule has 2 aromatic carbocycles. The first-order valence-electron chi connectivity index (χ1n) is 11.3. The van der Waals surface area contributed by atoms with Gasteiger partial charge in [0.05, 0.1) is 16.0 Å². The van der Waals surface area contributed by atoms with E-state index in [-0.39, 0.29) is 37.7 Å². The zero-order chi connectivity index (χ0) is 24.6. The maximum atomic E-state index is 13.4. The predicted molar refractivity (Wildman–Crippen MR) is 118 cm³/mol. The number of nitrogens with zero attached hydrogens (tertiary/aromatic N) is 1. The number of piperidine rings is 1. The zero-order valence-electron chi connectivity index (χ0n) is 18.4. The monoisotopic (exact) mass is 498 g/mol. The highest BCUT2D eigenvalue weighted by atomic mass is 32.2. The number of carbonyl (C=O) groups excluding carboxylic acids is 1. The van der Waals surface area contributed by atoms with E-state index in [4.69, 9.17) is 0 Å². The molecule has 1 saturated heterocycles. The Morgan fingerprint density at radius 2 is 1.56 bits per heavy atom. The SMILES string of the molecule is O=C(NC1(c2ccc(F)cc2)CCCC1)C1CCN(S(=O)(=O)c2ccccc2C(F)(F)F)CC1. The smallest absolute Gasteiger partial charge is 0.346 e. The topological polar surface area (TPSA) is 66.5 Å². The number of halogens is 4. The van der Waals surface area contributed by atoms with Gasteiger partial charge in [0.25, 0.3) is 0 Å². The molecule has 1 heterocycles. The number of benzene rings is 2. The Labute approximate surface area is 196 Å². The van der Waals surface area contributed by atoms with Crippen molar-refractivity contribution in [3.63, 3.8) is 0 Å². The van der Waals surface area contributed by atoms with E-state index in [1.165, 1.54) is 18.2 Å². The Balaban J connectivity index is 1.46. The van der Waals surface area contributed by atoms with Crippen molar-refractivity contribution in [2.45, 2.75) is 55.1 Å². The molecule has 2 aliphatic rings. The first kappa shape index (κ1) is 24.7. The quantitative estimate of drug-likeness (QED) is 0.601. The lowest BCUT2D eigenvalue weighted by molar-refractivity contribution is -0.139. The first-order valence-corrected chi connectivity index (χ1v) is 12.7. The van der Waals surface area contributed by atoms with Crippen molar-refractivity contribution in [2.24, 2.45) is 5.92 Å². The minimum Gasteiger partial charge on any atom is -0.346 e. The van der Waals surface area contributed by atoms with Crippen LogP contribution in [-0.4, -0.2) is 31.7 Å². The fraction of sp³-hybridized carbons (Fsp3) is 0.458. The van der Waals surface area contributed by atoms with Gasteiger partial charge < -0.3 is 5.32 Å². The molecule has 1 aliphatic heterocycles. The van der Waals surface area contributed by atoms with Gasteiger partial charge in [-0.05, 0) is 55.5 Å². The van der Waals surface area contributed by atoms with E-state index < -0.39 is 38.1 Å². The summed E-state index contributed by atoms with van der Waals surface area (Å²) in [5.41, 5.74) is -0.944. The second kappa shape index (κ2) is 9.30. The lowest BCUT2D eigenvalue weighted by Gasteiger charge is -2.35. The summed E-state index contributed by atoms with van der Waals surface area (Å²) in [6, 6.07) is 10.2. The van der Waals surface area contributed by atoms with Crippen molar-refractivity contribution in [2.75, 3.05) is 13.1 Å². The van der Waals surface area contributed by atoms with Crippen LogP contribution in [0.15, 0.2) is 53.4 Å². The Morgan fingerprint density at radius 1 is 0.971 bits per heavy atom. The van der Waals surface area contributed by atoms with Crippen LogP contribution in [0.2, 0.25) is 0 Å². The van der Waals surface area contributed by atoms with Gasteiger partial charge in [-0.1, -0.05) is 37.1 Å². The number of nitrogens with one attached hydrogen (secondary N) is 1. The molecule has 10 heteroatoms. The van der Waals surface area contributed by atoms with Gasteiger partial charge in [-0.15, -0.1) is 0 Å². The van der Waals surface area contributed by atoms with Crippen LogP contribution in [0, 0.1) is 11.7 Å². The average Bonchev–Trinajstić information content (AvgIpc) is 3.28. The van der Waals surface area contributed by atoms with E-state index in [1.807, 2.05) is 0 Å². The molecule has 0 aromatic heterocycles. The normalized spacial score (nSPS) is 19.8. The van der Waals surface area contributed by atoms with Gasteiger partial charge in [0.1, 0.15) is 5.82 Å².